The second-order valence-electron chi connectivity index (χ2n) is 3.67. The van der Waals surface area contributed by atoms with Crippen molar-refractivity contribution in [2.75, 3.05) is 0 Å². The van der Waals surface area contributed by atoms with Crippen LogP contribution < -0.4 is 5.73 Å². The van der Waals surface area contributed by atoms with Gasteiger partial charge in [0.2, 0.25) is 5.78 Å². The average Bonchev–Trinajstić information content (AvgIpc) is 2.84. The van der Waals surface area contributed by atoms with Crippen molar-refractivity contribution in [2.24, 2.45) is 5.73 Å². The second-order valence-corrected chi connectivity index (χ2v) is 3.67. The molecule has 1 heterocycles. The topological polar surface area (TPSA) is 69.1 Å². The number of nitrogens with zero attached hydrogens (tertiary/aromatic N) is 1. The van der Waals surface area contributed by atoms with E-state index in [1.165, 1.54) is 24.7 Å². The Bertz CT molecular complexity index is 494. The van der Waals surface area contributed by atoms with Gasteiger partial charge in [0.05, 0.1) is 12.2 Å². The molecule has 17 heavy (non-hydrogen) atoms. The molecule has 5 heteroatoms. The largest absolute Gasteiger partial charge is 0.440 e. The highest BCUT2D eigenvalue weighted by Gasteiger charge is 2.18. The molecule has 1 aromatic carbocycles. The van der Waals surface area contributed by atoms with Gasteiger partial charge in [-0.25, -0.2) is 9.37 Å². The first-order valence-electron chi connectivity index (χ1n) is 5.09. The summed E-state index contributed by atoms with van der Waals surface area (Å²) in [6.07, 6.45) is 2.84. The first-order valence-corrected chi connectivity index (χ1v) is 5.09. The highest BCUT2D eigenvalue weighted by atomic mass is 19.1. The maximum atomic E-state index is 12.7. The molecule has 0 saturated heterocycles. The van der Waals surface area contributed by atoms with Crippen molar-refractivity contribution in [1.82, 2.24) is 4.98 Å². The molecule has 0 aliphatic heterocycles. The van der Waals surface area contributed by atoms with E-state index < -0.39 is 6.04 Å². The first-order chi connectivity index (χ1) is 8.16. The SMILES string of the molecule is NC(Cc1ccc(F)cc1)C(=O)c1cnco1. The smallest absolute Gasteiger partial charge is 0.216 e. The molecular formula is C12H11FN2O2. The van der Waals surface area contributed by atoms with Crippen molar-refractivity contribution in [3.05, 3.63) is 54.0 Å². The Balaban J connectivity index is 2.04. The quantitative estimate of drug-likeness (QED) is 0.815. The van der Waals surface area contributed by atoms with Gasteiger partial charge in [0.25, 0.3) is 0 Å². The molecule has 0 fully saturated rings. The molecular weight excluding hydrogens is 223 g/mol. The molecule has 2 aromatic rings. The van der Waals surface area contributed by atoms with Crippen LogP contribution >= 0.6 is 0 Å². The number of carbonyl (C=O) groups excluding carboxylic acids is 1. The molecule has 88 valence electrons. The van der Waals surface area contributed by atoms with Crippen molar-refractivity contribution in [2.45, 2.75) is 12.5 Å². The van der Waals surface area contributed by atoms with E-state index in [0.29, 0.717) is 6.42 Å². The van der Waals surface area contributed by atoms with E-state index >= 15 is 0 Å². The number of ketones is 1. The predicted octanol–water partition coefficient (Wildman–Crippen LogP) is 1.57. The van der Waals surface area contributed by atoms with E-state index in [-0.39, 0.29) is 17.4 Å². The number of hydrogen-bond acceptors (Lipinski definition) is 4. The number of nitrogens with two attached hydrogens (primary N) is 1. The zero-order valence-corrected chi connectivity index (χ0v) is 8.97. The van der Waals surface area contributed by atoms with E-state index in [1.54, 1.807) is 12.1 Å². The zero-order chi connectivity index (χ0) is 12.3. The maximum absolute atomic E-state index is 12.7. The Morgan fingerprint density at radius 3 is 2.71 bits per heavy atom. The van der Waals surface area contributed by atoms with E-state index in [9.17, 15) is 9.18 Å². The molecule has 0 aliphatic carbocycles. The van der Waals surface area contributed by atoms with E-state index in [4.69, 9.17) is 10.2 Å². The van der Waals surface area contributed by atoms with Gasteiger partial charge in [-0.1, -0.05) is 12.1 Å². The van der Waals surface area contributed by atoms with Crippen LogP contribution in [0.2, 0.25) is 0 Å². The number of carbonyl (C=O) groups is 1. The standard InChI is InChI=1S/C12H11FN2O2/c13-9-3-1-8(2-4-9)5-10(14)12(16)11-6-15-7-17-11/h1-4,6-7,10H,5,14H2. The molecule has 0 radical (unpaired) electrons. The third kappa shape index (κ3) is 2.76. The van der Waals surface area contributed by atoms with Crippen molar-refractivity contribution >= 4 is 5.78 Å². The van der Waals surface area contributed by atoms with Crippen LogP contribution in [0.5, 0.6) is 0 Å². The fraction of sp³-hybridized carbons (Fsp3) is 0.167. The van der Waals surface area contributed by atoms with Gasteiger partial charge in [-0.15, -0.1) is 0 Å². The summed E-state index contributed by atoms with van der Waals surface area (Å²) >= 11 is 0. The molecule has 0 saturated carbocycles. The van der Waals surface area contributed by atoms with E-state index in [2.05, 4.69) is 4.98 Å². The van der Waals surface area contributed by atoms with Crippen molar-refractivity contribution in [3.63, 3.8) is 0 Å². The van der Waals surface area contributed by atoms with Crippen molar-refractivity contribution < 1.29 is 13.6 Å². The molecule has 4 nitrogen and oxygen atoms in total. The van der Waals surface area contributed by atoms with Crippen LogP contribution in [0.3, 0.4) is 0 Å². The molecule has 0 amide bonds. The van der Waals surface area contributed by atoms with Crippen LogP contribution in [0.1, 0.15) is 16.1 Å². The van der Waals surface area contributed by atoms with Crippen LogP contribution in [-0.4, -0.2) is 16.8 Å². The molecule has 0 aliphatic rings. The highest BCUT2D eigenvalue weighted by Crippen LogP contribution is 2.08. The van der Waals surface area contributed by atoms with Gasteiger partial charge in [0.1, 0.15) is 5.82 Å². The Morgan fingerprint density at radius 2 is 2.12 bits per heavy atom. The monoisotopic (exact) mass is 234 g/mol. The number of halogens is 1. The molecule has 2 rings (SSSR count). The summed E-state index contributed by atoms with van der Waals surface area (Å²) in [5.74, 6) is -0.490. The second kappa shape index (κ2) is 4.88. The van der Waals surface area contributed by atoms with Gasteiger partial charge in [-0.3, -0.25) is 4.79 Å². The van der Waals surface area contributed by atoms with Crippen LogP contribution in [0.15, 0.2) is 41.3 Å². The summed E-state index contributed by atoms with van der Waals surface area (Å²) < 4.78 is 17.6. The third-order valence-corrected chi connectivity index (χ3v) is 2.38. The fourth-order valence-electron chi connectivity index (χ4n) is 1.49. The minimum atomic E-state index is -0.714. The van der Waals surface area contributed by atoms with Crippen LogP contribution in [-0.2, 0) is 6.42 Å². The number of oxazole rings is 1. The summed E-state index contributed by atoms with van der Waals surface area (Å²) in [7, 11) is 0. The van der Waals surface area contributed by atoms with Gasteiger partial charge in [-0.05, 0) is 24.1 Å². The Kier molecular flexibility index (Phi) is 3.30. The number of Topliss-reactive ketones (excluding diaryl/α,β-unsaturated/α-hetero) is 1. The molecule has 0 bridgehead atoms. The fourth-order valence-corrected chi connectivity index (χ4v) is 1.49. The van der Waals surface area contributed by atoms with Crippen LogP contribution in [0, 0.1) is 5.82 Å². The predicted molar refractivity (Wildman–Crippen MR) is 58.9 cm³/mol. The maximum Gasteiger partial charge on any atom is 0.216 e. The molecule has 1 unspecified atom stereocenters. The van der Waals surface area contributed by atoms with Gasteiger partial charge in [0.15, 0.2) is 12.2 Å². The highest BCUT2D eigenvalue weighted by molar-refractivity contribution is 5.97. The van der Waals surface area contributed by atoms with Crippen molar-refractivity contribution in [3.8, 4) is 0 Å². The molecule has 1 aromatic heterocycles. The summed E-state index contributed by atoms with van der Waals surface area (Å²) in [6, 6.07) is 5.15. The first kappa shape index (κ1) is 11.5. The van der Waals surface area contributed by atoms with Gasteiger partial charge >= 0.3 is 0 Å². The molecule has 1 atom stereocenters. The zero-order valence-electron chi connectivity index (χ0n) is 8.97. The summed E-state index contributed by atoms with van der Waals surface area (Å²) in [5.41, 5.74) is 6.55. The third-order valence-electron chi connectivity index (χ3n) is 2.38. The summed E-state index contributed by atoms with van der Waals surface area (Å²) in [6.45, 7) is 0. The average molecular weight is 234 g/mol. The lowest BCUT2D eigenvalue weighted by molar-refractivity contribution is 0.0933. The Hall–Kier alpha value is -2.01. The van der Waals surface area contributed by atoms with Gasteiger partial charge in [-0.2, -0.15) is 0 Å². The van der Waals surface area contributed by atoms with E-state index in [0.717, 1.165) is 5.56 Å². The van der Waals surface area contributed by atoms with Crippen LogP contribution in [0.4, 0.5) is 4.39 Å². The van der Waals surface area contributed by atoms with Crippen LogP contribution in [0.25, 0.3) is 0 Å². The Labute approximate surface area is 97.3 Å². The normalized spacial score (nSPS) is 12.4. The number of hydrogen-bond donors (Lipinski definition) is 1. The lowest BCUT2D eigenvalue weighted by Gasteiger charge is -2.08. The number of benzene rings is 1. The molecule has 2 N–H and O–H groups in total. The number of aromatic nitrogens is 1. The van der Waals surface area contributed by atoms with Gasteiger partial charge in [0, 0.05) is 0 Å². The molecule has 0 spiro atoms. The summed E-state index contributed by atoms with van der Waals surface area (Å²) in [5, 5.41) is 0. The minimum Gasteiger partial charge on any atom is -0.440 e. The van der Waals surface area contributed by atoms with Crippen molar-refractivity contribution in [1.29, 1.82) is 0 Å². The van der Waals surface area contributed by atoms with E-state index in [1.807, 2.05) is 0 Å². The summed E-state index contributed by atoms with van der Waals surface area (Å²) in [4.78, 5) is 15.4. The number of rotatable bonds is 4. The lowest BCUT2D eigenvalue weighted by Crippen LogP contribution is -2.32. The minimum absolute atomic E-state index is 0.139. The lowest BCUT2D eigenvalue weighted by atomic mass is 10.0. The Morgan fingerprint density at radius 1 is 1.41 bits per heavy atom. The van der Waals surface area contributed by atoms with Gasteiger partial charge < -0.3 is 10.2 Å².